The summed E-state index contributed by atoms with van der Waals surface area (Å²) in [6.07, 6.45) is 0. The minimum atomic E-state index is -0.727. The molecule has 0 spiro atoms. The van der Waals surface area contributed by atoms with Gasteiger partial charge in [-0.15, -0.1) is 0 Å². The van der Waals surface area contributed by atoms with Gasteiger partial charge in [0, 0.05) is 24.4 Å². The number of methoxy groups -OCH3 is 1. The lowest BCUT2D eigenvalue weighted by Gasteiger charge is -2.24. The molecule has 8 nitrogen and oxygen atoms in total. The predicted octanol–water partition coefficient (Wildman–Crippen LogP) is 0.345. The molecule has 2 aromatic rings. The van der Waals surface area contributed by atoms with Gasteiger partial charge in [0.2, 0.25) is 0 Å². The Kier molecular flexibility index (Phi) is 7.53. The van der Waals surface area contributed by atoms with Crippen molar-refractivity contribution in [3.05, 3.63) is 60.2 Å². The number of benzene rings is 2. The Morgan fingerprint density at radius 3 is 2.43 bits per heavy atom. The van der Waals surface area contributed by atoms with Gasteiger partial charge in [-0.2, -0.15) is 0 Å². The number of anilines is 1. The second kappa shape index (κ2) is 10.1. The van der Waals surface area contributed by atoms with Crippen LogP contribution in [0.1, 0.15) is 11.6 Å². The Balaban J connectivity index is 2.12. The first kappa shape index (κ1) is 20.9. The minimum Gasteiger partial charge on any atom is -0.497 e. The van der Waals surface area contributed by atoms with Crippen molar-refractivity contribution in [2.75, 3.05) is 33.1 Å². The second-order valence-corrected chi connectivity index (χ2v) is 6.22. The standard InChI is InChI=1S/C20H24N4O4/c1-21-20(27)23-19(26)18(14-8-5-4-6-9-14)24(2)13-17(25)22-15-10-7-11-16(12-15)28-3/h4-12,18H,13H2,1-3H3,(H,22,25)(H2,21,23,26,27)/p+1/t18-/m1/s1. The van der Waals surface area contributed by atoms with Crippen LogP contribution in [0.15, 0.2) is 54.6 Å². The molecule has 8 heteroatoms. The van der Waals surface area contributed by atoms with E-state index in [9.17, 15) is 14.4 Å². The Labute approximate surface area is 163 Å². The van der Waals surface area contributed by atoms with Crippen molar-refractivity contribution in [1.82, 2.24) is 10.6 Å². The van der Waals surface area contributed by atoms with Crippen LogP contribution in [-0.4, -0.2) is 45.6 Å². The van der Waals surface area contributed by atoms with Gasteiger partial charge >= 0.3 is 6.03 Å². The Hall–Kier alpha value is -3.39. The number of imide groups is 1. The maximum Gasteiger partial charge on any atom is 0.321 e. The molecule has 0 radical (unpaired) electrons. The molecule has 0 aromatic heterocycles. The first-order chi connectivity index (χ1) is 13.4. The smallest absolute Gasteiger partial charge is 0.321 e. The minimum absolute atomic E-state index is 0.0257. The van der Waals surface area contributed by atoms with Crippen LogP contribution in [0, 0.1) is 0 Å². The molecule has 4 N–H and O–H groups in total. The first-order valence-electron chi connectivity index (χ1n) is 8.78. The molecule has 4 amide bonds. The molecule has 2 aromatic carbocycles. The van der Waals surface area contributed by atoms with Crippen molar-refractivity contribution in [2.45, 2.75) is 6.04 Å². The summed E-state index contributed by atoms with van der Waals surface area (Å²) in [7, 11) is 4.71. The number of rotatable bonds is 7. The molecule has 0 aliphatic carbocycles. The van der Waals surface area contributed by atoms with Gasteiger partial charge in [0.1, 0.15) is 5.75 Å². The van der Waals surface area contributed by atoms with E-state index in [-0.39, 0.29) is 12.5 Å². The molecule has 1 unspecified atom stereocenters. The van der Waals surface area contributed by atoms with E-state index in [4.69, 9.17) is 4.74 Å². The normalized spacial score (nSPS) is 12.4. The van der Waals surface area contributed by atoms with Gasteiger partial charge in [0.15, 0.2) is 12.6 Å². The van der Waals surface area contributed by atoms with E-state index in [0.717, 1.165) is 0 Å². The number of nitrogens with one attached hydrogen (secondary N) is 4. The average Bonchev–Trinajstić information content (AvgIpc) is 2.68. The van der Waals surface area contributed by atoms with Crippen LogP contribution >= 0.6 is 0 Å². The first-order valence-corrected chi connectivity index (χ1v) is 8.78. The van der Waals surface area contributed by atoms with Gasteiger partial charge in [0.05, 0.1) is 14.2 Å². The molecule has 0 saturated carbocycles. The van der Waals surface area contributed by atoms with E-state index in [1.807, 2.05) is 6.07 Å². The van der Waals surface area contributed by atoms with Crippen molar-refractivity contribution in [1.29, 1.82) is 0 Å². The monoisotopic (exact) mass is 385 g/mol. The molecule has 0 heterocycles. The lowest BCUT2D eigenvalue weighted by molar-refractivity contribution is -0.894. The molecule has 0 bridgehead atoms. The van der Waals surface area contributed by atoms with Crippen LogP contribution in [-0.2, 0) is 9.59 Å². The van der Waals surface area contributed by atoms with Gasteiger partial charge in [0.25, 0.3) is 11.8 Å². The maximum absolute atomic E-state index is 12.6. The SMILES string of the molecule is CNC(=O)NC(=O)[C@@H](c1ccccc1)[NH+](C)CC(=O)Nc1cccc(OC)c1. The summed E-state index contributed by atoms with van der Waals surface area (Å²) in [5.74, 6) is -0.123. The fourth-order valence-corrected chi connectivity index (χ4v) is 2.81. The number of hydrogen-bond acceptors (Lipinski definition) is 4. The quantitative estimate of drug-likeness (QED) is 0.552. The highest BCUT2D eigenvalue weighted by Gasteiger charge is 2.31. The molecular weight excluding hydrogens is 360 g/mol. The van der Waals surface area contributed by atoms with Crippen molar-refractivity contribution in [3.63, 3.8) is 0 Å². The number of amides is 4. The third kappa shape index (κ3) is 5.82. The van der Waals surface area contributed by atoms with E-state index >= 15 is 0 Å². The predicted molar refractivity (Wildman–Crippen MR) is 105 cm³/mol. The maximum atomic E-state index is 12.6. The molecule has 0 aliphatic rings. The summed E-state index contributed by atoms with van der Waals surface area (Å²) in [4.78, 5) is 37.3. The second-order valence-electron chi connectivity index (χ2n) is 6.22. The van der Waals surface area contributed by atoms with Gasteiger partial charge < -0.3 is 20.3 Å². The molecule has 2 rings (SSSR count). The summed E-state index contributed by atoms with van der Waals surface area (Å²) >= 11 is 0. The Bertz CT molecular complexity index is 826. The Morgan fingerprint density at radius 2 is 1.79 bits per heavy atom. The van der Waals surface area contributed by atoms with Crippen LogP contribution in [0.25, 0.3) is 0 Å². The fourth-order valence-electron chi connectivity index (χ4n) is 2.81. The molecule has 2 atom stereocenters. The van der Waals surface area contributed by atoms with Crippen molar-refractivity contribution >= 4 is 23.5 Å². The van der Waals surface area contributed by atoms with Gasteiger partial charge in [-0.3, -0.25) is 14.9 Å². The molecular formula is C20H25N4O4+. The van der Waals surface area contributed by atoms with E-state index in [0.29, 0.717) is 21.9 Å². The average molecular weight is 385 g/mol. The zero-order valence-corrected chi connectivity index (χ0v) is 16.1. The number of hydrogen-bond donors (Lipinski definition) is 4. The lowest BCUT2D eigenvalue weighted by atomic mass is 10.0. The topological polar surface area (TPSA) is 101 Å². The molecule has 0 aliphatic heterocycles. The third-order valence-corrected chi connectivity index (χ3v) is 4.14. The van der Waals surface area contributed by atoms with Crippen LogP contribution in [0.5, 0.6) is 5.75 Å². The van der Waals surface area contributed by atoms with E-state index in [1.165, 1.54) is 7.05 Å². The number of ether oxygens (including phenoxy) is 1. The summed E-state index contributed by atoms with van der Waals surface area (Å²) in [6, 6.07) is 14.7. The van der Waals surface area contributed by atoms with Gasteiger partial charge in [-0.05, 0) is 12.1 Å². The fraction of sp³-hybridized carbons (Fsp3) is 0.250. The number of urea groups is 1. The van der Waals surface area contributed by atoms with Crippen molar-refractivity contribution < 1.29 is 24.0 Å². The molecule has 28 heavy (non-hydrogen) atoms. The van der Waals surface area contributed by atoms with Gasteiger partial charge in [-0.1, -0.05) is 36.4 Å². The zero-order valence-electron chi connectivity index (χ0n) is 16.1. The Morgan fingerprint density at radius 1 is 1.07 bits per heavy atom. The van der Waals surface area contributed by atoms with E-state index in [1.54, 1.807) is 62.7 Å². The van der Waals surface area contributed by atoms with Crippen LogP contribution < -0.4 is 25.6 Å². The molecule has 148 valence electrons. The van der Waals surface area contributed by atoms with Crippen LogP contribution in [0.3, 0.4) is 0 Å². The van der Waals surface area contributed by atoms with Crippen molar-refractivity contribution in [3.8, 4) is 5.75 Å². The lowest BCUT2D eigenvalue weighted by Crippen LogP contribution is -3.11. The van der Waals surface area contributed by atoms with Crippen molar-refractivity contribution in [2.24, 2.45) is 0 Å². The number of likely N-dealkylation sites (N-methyl/N-ethyl adjacent to an activating group) is 1. The van der Waals surface area contributed by atoms with E-state index < -0.39 is 18.0 Å². The van der Waals surface area contributed by atoms with E-state index in [2.05, 4.69) is 16.0 Å². The third-order valence-electron chi connectivity index (χ3n) is 4.14. The summed E-state index contributed by atoms with van der Waals surface area (Å²) in [5.41, 5.74) is 1.30. The summed E-state index contributed by atoms with van der Waals surface area (Å²) in [5, 5.41) is 7.44. The van der Waals surface area contributed by atoms with Crippen LogP contribution in [0.2, 0.25) is 0 Å². The number of carbonyl (C=O) groups excluding carboxylic acids is 3. The van der Waals surface area contributed by atoms with Crippen LogP contribution in [0.4, 0.5) is 10.5 Å². The highest BCUT2D eigenvalue weighted by molar-refractivity contribution is 5.97. The highest BCUT2D eigenvalue weighted by atomic mass is 16.5. The zero-order chi connectivity index (χ0) is 20.5. The highest BCUT2D eigenvalue weighted by Crippen LogP contribution is 2.16. The largest absolute Gasteiger partial charge is 0.497 e. The van der Waals surface area contributed by atoms with Gasteiger partial charge in [-0.25, -0.2) is 4.79 Å². The summed E-state index contributed by atoms with van der Waals surface area (Å²) in [6.45, 7) is 0.0257. The molecule has 0 fully saturated rings. The number of quaternary nitrogens is 1. The summed E-state index contributed by atoms with van der Waals surface area (Å²) < 4.78 is 5.15. The number of carbonyl (C=O) groups is 3. The molecule has 0 saturated heterocycles.